The Kier molecular flexibility index (Phi) is 3.62. The van der Waals surface area contributed by atoms with Gasteiger partial charge in [-0.2, -0.15) is 0 Å². The second kappa shape index (κ2) is 4.01. The molecule has 0 atom stereocenters. The van der Waals surface area contributed by atoms with Crippen LogP contribution in [0, 0.1) is 17.3 Å². The van der Waals surface area contributed by atoms with Crippen molar-refractivity contribution < 1.29 is 4.58 Å². The predicted octanol–water partition coefficient (Wildman–Crippen LogP) is -0.0484. The summed E-state index contributed by atoms with van der Waals surface area (Å²) < 4.78 is 1.80. The molecule has 0 radical (unpaired) electrons. The Morgan fingerprint density at radius 2 is 1.92 bits per heavy atom. The molecule has 0 aliphatic heterocycles. The van der Waals surface area contributed by atoms with Gasteiger partial charge in [0.2, 0.25) is 0 Å². The van der Waals surface area contributed by atoms with Crippen LogP contribution in [0.3, 0.4) is 0 Å². The molecule has 0 saturated carbocycles. The largest absolute Gasteiger partial charge is 0.340 e. The van der Waals surface area contributed by atoms with E-state index in [1.807, 2.05) is 14.0 Å². The number of hydrogen-bond acceptors (Lipinski definition) is 0. The normalized spacial score (nSPS) is 10.0. The minimum absolute atomic E-state index is 0.0620. The van der Waals surface area contributed by atoms with Crippen LogP contribution < -0.4 is 11.5 Å². The van der Waals surface area contributed by atoms with E-state index < -0.39 is 0 Å². The number of nitrogens with zero attached hydrogens (tertiary/aromatic N) is 1. The van der Waals surface area contributed by atoms with E-state index in [1.165, 1.54) is 0 Å². The molecule has 0 unspecified atom stereocenters. The molecule has 12 heavy (non-hydrogen) atoms. The maximum absolute atomic E-state index is 5.41. The summed E-state index contributed by atoms with van der Waals surface area (Å²) in [6.45, 7) is 6.69. The van der Waals surface area contributed by atoms with E-state index in [2.05, 4.69) is 25.7 Å². The SMILES string of the molecule is CC#CC(C)(C)C[N+](C)=C(N)N. The van der Waals surface area contributed by atoms with Gasteiger partial charge in [-0.05, 0) is 20.8 Å². The van der Waals surface area contributed by atoms with Gasteiger partial charge in [-0.1, -0.05) is 5.92 Å². The molecule has 0 saturated heterocycles. The fourth-order valence-corrected chi connectivity index (χ4v) is 1.06. The van der Waals surface area contributed by atoms with Crippen molar-refractivity contribution >= 4 is 5.96 Å². The van der Waals surface area contributed by atoms with Gasteiger partial charge in [-0.25, -0.2) is 0 Å². The van der Waals surface area contributed by atoms with Gasteiger partial charge in [0, 0.05) is 0 Å². The maximum Gasteiger partial charge on any atom is 0.340 e. The fraction of sp³-hybridized carbons (Fsp3) is 0.667. The van der Waals surface area contributed by atoms with Gasteiger partial charge in [0.25, 0.3) is 0 Å². The molecule has 0 rings (SSSR count). The zero-order chi connectivity index (χ0) is 9.78. The average molecular weight is 168 g/mol. The first-order valence-corrected chi connectivity index (χ1v) is 3.92. The number of hydrogen-bond donors (Lipinski definition) is 2. The zero-order valence-electron chi connectivity index (χ0n) is 8.31. The third-order valence-corrected chi connectivity index (χ3v) is 1.54. The van der Waals surface area contributed by atoms with E-state index in [-0.39, 0.29) is 5.41 Å². The highest BCUT2D eigenvalue weighted by molar-refractivity contribution is 5.70. The zero-order valence-corrected chi connectivity index (χ0v) is 8.31. The number of guanidine groups is 1. The van der Waals surface area contributed by atoms with Gasteiger partial charge in [0.1, 0.15) is 0 Å². The van der Waals surface area contributed by atoms with Crippen LogP contribution in [0.2, 0.25) is 0 Å². The molecule has 0 aliphatic carbocycles. The highest BCUT2D eigenvalue weighted by Crippen LogP contribution is 2.12. The van der Waals surface area contributed by atoms with Gasteiger partial charge in [-0.3, -0.25) is 16.0 Å². The second-order valence-electron chi connectivity index (χ2n) is 3.54. The molecule has 0 aromatic rings. The van der Waals surface area contributed by atoms with Crippen molar-refractivity contribution in [3.8, 4) is 11.8 Å². The molecular formula is C9H18N3+. The minimum atomic E-state index is -0.0620. The molecule has 0 aromatic heterocycles. The summed E-state index contributed by atoms with van der Waals surface area (Å²) >= 11 is 0. The van der Waals surface area contributed by atoms with Crippen molar-refractivity contribution in [3.63, 3.8) is 0 Å². The number of rotatable bonds is 2. The van der Waals surface area contributed by atoms with Crippen molar-refractivity contribution in [2.24, 2.45) is 16.9 Å². The Hall–Kier alpha value is -1.17. The Morgan fingerprint density at radius 3 is 2.25 bits per heavy atom. The van der Waals surface area contributed by atoms with Gasteiger partial charge < -0.3 is 0 Å². The Morgan fingerprint density at radius 1 is 1.42 bits per heavy atom. The minimum Gasteiger partial charge on any atom is -0.291 e. The maximum atomic E-state index is 5.41. The monoisotopic (exact) mass is 168 g/mol. The highest BCUT2D eigenvalue weighted by Gasteiger charge is 2.17. The standard InChI is InChI=1S/C9H17N3/c1-5-6-9(2,3)7-12(4)8(10)11/h7H2,1-4H3,(H3,10,11)/p+1. The summed E-state index contributed by atoms with van der Waals surface area (Å²) in [6, 6.07) is 0. The van der Waals surface area contributed by atoms with E-state index in [9.17, 15) is 0 Å². The third kappa shape index (κ3) is 3.87. The molecule has 0 fully saturated rings. The van der Waals surface area contributed by atoms with E-state index in [4.69, 9.17) is 11.5 Å². The quantitative estimate of drug-likeness (QED) is 0.263. The fourth-order valence-electron chi connectivity index (χ4n) is 1.06. The molecule has 3 nitrogen and oxygen atoms in total. The van der Waals surface area contributed by atoms with Crippen molar-refractivity contribution in [2.45, 2.75) is 20.8 Å². The lowest BCUT2D eigenvalue weighted by Gasteiger charge is -2.17. The molecule has 68 valence electrons. The summed E-state index contributed by atoms with van der Waals surface area (Å²) in [5, 5.41) is 0. The van der Waals surface area contributed by atoms with Crippen LogP contribution in [-0.2, 0) is 0 Å². The Labute approximate surface area is 74.4 Å². The van der Waals surface area contributed by atoms with Crippen molar-refractivity contribution in [2.75, 3.05) is 13.6 Å². The molecule has 0 aromatic carbocycles. The van der Waals surface area contributed by atoms with Crippen LogP contribution in [0.25, 0.3) is 0 Å². The first-order valence-electron chi connectivity index (χ1n) is 3.92. The molecule has 0 spiro atoms. The summed E-state index contributed by atoms with van der Waals surface area (Å²) in [7, 11) is 1.86. The van der Waals surface area contributed by atoms with E-state index in [1.54, 1.807) is 4.58 Å². The Bertz CT molecular complexity index is 236. The van der Waals surface area contributed by atoms with Crippen LogP contribution in [0.15, 0.2) is 0 Å². The molecule has 3 heteroatoms. The number of nitrogens with two attached hydrogens (primary N) is 2. The van der Waals surface area contributed by atoms with Crippen LogP contribution in [0.4, 0.5) is 0 Å². The molecular weight excluding hydrogens is 150 g/mol. The summed E-state index contributed by atoms with van der Waals surface area (Å²) in [5.74, 6) is 6.31. The first-order chi connectivity index (χ1) is 5.39. The first kappa shape index (κ1) is 10.8. The summed E-state index contributed by atoms with van der Waals surface area (Å²) in [4.78, 5) is 0. The smallest absolute Gasteiger partial charge is 0.291 e. The topological polar surface area (TPSA) is 55.0 Å². The van der Waals surface area contributed by atoms with Crippen molar-refractivity contribution in [3.05, 3.63) is 0 Å². The summed E-state index contributed by atoms with van der Waals surface area (Å²) in [5.41, 5.74) is 10.8. The van der Waals surface area contributed by atoms with Crippen LogP contribution >= 0.6 is 0 Å². The molecule has 0 heterocycles. The molecule has 4 N–H and O–H groups in total. The lowest BCUT2D eigenvalue weighted by Crippen LogP contribution is -2.38. The average Bonchev–Trinajstić information content (AvgIpc) is 1.85. The van der Waals surface area contributed by atoms with E-state index in [0.29, 0.717) is 5.96 Å². The van der Waals surface area contributed by atoms with Gasteiger partial charge in [0.15, 0.2) is 0 Å². The highest BCUT2D eigenvalue weighted by atomic mass is 15.1. The van der Waals surface area contributed by atoms with Crippen molar-refractivity contribution in [1.82, 2.24) is 0 Å². The summed E-state index contributed by atoms with van der Waals surface area (Å²) in [6.07, 6.45) is 0. The third-order valence-electron chi connectivity index (χ3n) is 1.54. The van der Waals surface area contributed by atoms with Crippen LogP contribution in [0.1, 0.15) is 20.8 Å². The van der Waals surface area contributed by atoms with Crippen LogP contribution in [-0.4, -0.2) is 24.1 Å². The van der Waals surface area contributed by atoms with E-state index >= 15 is 0 Å². The molecule has 0 aliphatic rings. The van der Waals surface area contributed by atoms with Crippen LogP contribution in [0.5, 0.6) is 0 Å². The van der Waals surface area contributed by atoms with Gasteiger partial charge in [0.05, 0.1) is 19.0 Å². The lowest BCUT2D eigenvalue weighted by molar-refractivity contribution is -0.510. The second-order valence-corrected chi connectivity index (χ2v) is 3.54. The van der Waals surface area contributed by atoms with Gasteiger partial charge in [-0.15, -0.1) is 5.92 Å². The lowest BCUT2D eigenvalue weighted by atomic mass is 9.94. The van der Waals surface area contributed by atoms with E-state index in [0.717, 1.165) is 6.54 Å². The van der Waals surface area contributed by atoms with Crippen molar-refractivity contribution in [1.29, 1.82) is 0 Å². The Balaban J connectivity index is 4.42. The predicted molar refractivity (Wildman–Crippen MR) is 51.7 cm³/mol. The molecule has 0 amide bonds. The molecule has 0 bridgehead atoms. The van der Waals surface area contributed by atoms with Gasteiger partial charge >= 0.3 is 5.96 Å².